The number of aliphatic carboxylic acids is 1. The highest BCUT2D eigenvalue weighted by Gasteiger charge is 2.34. The summed E-state index contributed by atoms with van der Waals surface area (Å²) in [6.07, 6.45) is 1.44. The quantitative estimate of drug-likeness (QED) is 0.884. The second-order valence-electron chi connectivity index (χ2n) is 3.89. The Morgan fingerprint density at radius 3 is 2.81 bits per heavy atom. The van der Waals surface area contributed by atoms with Crippen molar-refractivity contribution in [3.63, 3.8) is 0 Å². The lowest BCUT2D eigenvalue weighted by atomic mass is 9.92. The van der Waals surface area contributed by atoms with E-state index in [-0.39, 0.29) is 6.10 Å². The first-order chi connectivity index (χ1) is 7.70. The zero-order valence-corrected chi connectivity index (χ0v) is 9.48. The molecule has 0 bridgehead atoms. The molecule has 2 atom stereocenters. The van der Waals surface area contributed by atoms with Gasteiger partial charge in [-0.15, -0.1) is 0 Å². The van der Waals surface area contributed by atoms with Crippen LogP contribution in [-0.4, -0.2) is 23.8 Å². The van der Waals surface area contributed by atoms with E-state index >= 15 is 0 Å². The number of rotatable bonds is 3. The van der Waals surface area contributed by atoms with Crippen molar-refractivity contribution in [2.24, 2.45) is 0 Å². The normalized spacial score (nSPS) is 21.9. The van der Waals surface area contributed by atoms with Crippen LogP contribution in [-0.2, 0) is 9.53 Å². The van der Waals surface area contributed by atoms with Crippen LogP contribution in [0.15, 0.2) is 24.3 Å². The van der Waals surface area contributed by atoms with Gasteiger partial charge >= 0.3 is 5.97 Å². The highest BCUT2D eigenvalue weighted by atomic mass is 35.5. The van der Waals surface area contributed by atoms with Crippen LogP contribution < -0.4 is 0 Å². The van der Waals surface area contributed by atoms with E-state index in [9.17, 15) is 9.90 Å². The molecule has 1 fully saturated rings. The van der Waals surface area contributed by atoms with Gasteiger partial charge in [-0.25, -0.2) is 0 Å². The summed E-state index contributed by atoms with van der Waals surface area (Å²) in [4.78, 5) is 11.3. The first kappa shape index (κ1) is 11.4. The Balaban J connectivity index is 2.32. The smallest absolute Gasteiger partial charge is 0.313 e. The third kappa shape index (κ3) is 2.20. The van der Waals surface area contributed by atoms with E-state index in [1.807, 2.05) is 0 Å². The van der Waals surface area contributed by atoms with Crippen LogP contribution in [0, 0.1) is 0 Å². The van der Waals surface area contributed by atoms with Crippen molar-refractivity contribution >= 4 is 17.6 Å². The van der Waals surface area contributed by atoms with Gasteiger partial charge in [0.15, 0.2) is 0 Å². The van der Waals surface area contributed by atoms with Gasteiger partial charge in [-0.05, 0) is 24.5 Å². The third-order valence-corrected chi connectivity index (χ3v) is 3.19. The van der Waals surface area contributed by atoms with E-state index in [4.69, 9.17) is 16.3 Å². The van der Waals surface area contributed by atoms with Crippen LogP contribution in [0.25, 0.3) is 0 Å². The van der Waals surface area contributed by atoms with E-state index < -0.39 is 11.9 Å². The predicted octanol–water partition coefficient (Wildman–Crippen LogP) is 2.69. The third-order valence-electron chi connectivity index (χ3n) is 2.84. The summed E-state index contributed by atoms with van der Waals surface area (Å²) in [5, 5.41) is 9.76. The van der Waals surface area contributed by atoms with Crippen molar-refractivity contribution in [1.82, 2.24) is 0 Å². The minimum atomic E-state index is -0.875. The molecule has 86 valence electrons. The molecule has 0 aliphatic carbocycles. The highest BCUT2D eigenvalue weighted by Crippen LogP contribution is 2.33. The maximum atomic E-state index is 11.3. The molecule has 1 aromatic rings. The van der Waals surface area contributed by atoms with E-state index in [1.54, 1.807) is 24.3 Å². The van der Waals surface area contributed by atoms with Crippen LogP contribution in [0.3, 0.4) is 0 Å². The molecule has 1 aromatic carbocycles. The molecule has 0 saturated carbocycles. The molecule has 1 aliphatic rings. The van der Waals surface area contributed by atoms with Crippen molar-refractivity contribution in [2.75, 3.05) is 6.61 Å². The van der Waals surface area contributed by atoms with Gasteiger partial charge in [-0.2, -0.15) is 0 Å². The van der Waals surface area contributed by atoms with Gasteiger partial charge in [0.2, 0.25) is 0 Å². The van der Waals surface area contributed by atoms with E-state index in [0.29, 0.717) is 17.2 Å². The van der Waals surface area contributed by atoms with Gasteiger partial charge < -0.3 is 9.84 Å². The maximum Gasteiger partial charge on any atom is 0.313 e. The molecular formula is C12H13ClO3. The molecule has 2 unspecified atom stereocenters. The second kappa shape index (κ2) is 4.85. The molecule has 0 spiro atoms. The number of halogens is 1. The topological polar surface area (TPSA) is 46.5 Å². The molecule has 16 heavy (non-hydrogen) atoms. The summed E-state index contributed by atoms with van der Waals surface area (Å²) >= 11 is 6.02. The van der Waals surface area contributed by atoms with Crippen LogP contribution in [0.5, 0.6) is 0 Å². The molecule has 1 aliphatic heterocycles. The molecule has 2 rings (SSSR count). The Morgan fingerprint density at radius 1 is 1.50 bits per heavy atom. The number of benzene rings is 1. The number of carboxylic acids is 1. The van der Waals surface area contributed by atoms with Crippen molar-refractivity contribution in [1.29, 1.82) is 0 Å². The molecule has 1 saturated heterocycles. The Labute approximate surface area is 99.0 Å². The maximum absolute atomic E-state index is 11.3. The van der Waals surface area contributed by atoms with Crippen LogP contribution in [0.1, 0.15) is 24.3 Å². The zero-order chi connectivity index (χ0) is 11.5. The van der Waals surface area contributed by atoms with Crippen molar-refractivity contribution in [3.05, 3.63) is 34.9 Å². The van der Waals surface area contributed by atoms with Crippen LogP contribution >= 0.6 is 11.6 Å². The fourth-order valence-corrected chi connectivity index (χ4v) is 2.34. The Hall–Kier alpha value is -1.06. The Kier molecular flexibility index (Phi) is 3.46. The minimum absolute atomic E-state index is 0.252. The largest absolute Gasteiger partial charge is 0.481 e. The highest BCUT2D eigenvalue weighted by molar-refractivity contribution is 6.31. The van der Waals surface area contributed by atoms with Gasteiger partial charge in [0.25, 0.3) is 0 Å². The van der Waals surface area contributed by atoms with Gasteiger partial charge in [0.05, 0.1) is 6.10 Å². The minimum Gasteiger partial charge on any atom is -0.481 e. The number of hydrogen-bond donors (Lipinski definition) is 1. The van der Waals surface area contributed by atoms with Crippen molar-refractivity contribution < 1.29 is 14.6 Å². The molecule has 0 amide bonds. The standard InChI is InChI=1S/C12H13ClO3/c13-9-5-2-1-4-8(9)11(12(14)15)10-6-3-7-16-10/h1-2,4-5,10-11H,3,6-7H2,(H,14,15). The van der Waals surface area contributed by atoms with Gasteiger partial charge in [-0.1, -0.05) is 29.8 Å². The predicted molar refractivity (Wildman–Crippen MR) is 60.8 cm³/mol. The van der Waals surface area contributed by atoms with Crippen molar-refractivity contribution in [3.8, 4) is 0 Å². The fraction of sp³-hybridized carbons (Fsp3) is 0.417. The molecule has 0 aromatic heterocycles. The van der Waals surface area contributed by atoms with E-state index in [1.165, 1.54) is 0 Å². The Bertz CT molecular complexity index is 386. The van der Waals surface area contributed by atoms with E-state index in [2.05, 4.69) is 0 Å². The molecule has 1 heterocycles. The number of carboxylic acid groups (broad SMARTS) is 1. The lowest BCUT2D eigenvalue weighted by Gasteiger charge is -2.20. The molecule has 4 heteroatoms. The first-order valence-electron chi connectivity index (χ1n) is 5.29. The van der Waals surface area contributed by atoms with Crippen molar-refractivity contribution in [2.45, 2.75) is 24.9 Å². The first-order valence-corrected chi connectivity index (χ1v) is 5.67. The monoisotopic (exact) mass is 240 g/mol. The SMILES string of the molecule is O=C(O)C(c1ccccc1Cl)C1CCCO1. The fourth-order valence-electron chi connectivity index (χ4n) is 2.09. The van der Waals surface area contributed by atoms with Crippen LogP contribution in [0.4, 0.5) is 0 Å². The summed E-state index contributed by atoms with van der Waals surface area (Å²) in [7, 11) is 0. The van der Waals surface area contributed by atoms with Gasteiger partial charge in [-0.3, -0.25) is 4.79 Å². The number of hydrogen-bond acceptors (Lipinski definition) is 2. The van der Waals surface area contributed by atoms with Crippen LogP contribution in [0.2, 0.25) is 5.02 Å². The summed E-state index contributed by atoms with van der Waals surface area (Å²) in [5.41, 5.74) is 0.642. The summed E-state index contributed by atoms with van der Waals surface area (Å²) < 4.78 is 5.45. The number of ether oxygens (including phenoxy) is 1. The van der Waals surface area contributed by atoms with E-state index in [0.717, 1.165) is 12.8 Å². The Morgan fingerprint density at radius 2 is 2.25 bits per heavy atom. The number of carbonyl (C=O) groups is 1. The second-order valence-corrected chi connectivity index (χ2v) is 4.30. The summed E-state index contributed by atoms with van der Waals surface area (Å²) in [5.74, 6) is -1.53. The summed E-state index contributed by atoms with van der Waals surface area (Å²) in [6, 6.07) is 7.05. The lowest BCUT2D eigenvalue weighted by Crippen LogP contribution is -2.25. The zero-order valence-electron chi connectivity index (χ0n) is 8.73. The molecule has 0 radical (unpaired) electrons. The summed E-state index contributed by atoms with van der Waals surface area (Å²) in [6.45, 7) is 0.638. The average Bonchev–Trinajstić information content (AvgIpc) is 2.74. The average molecular weight is 241 g/mol. The molecular weight excluding hydrogens is 228 g/mol. The van der Waals surface area contributed by atoms with Gasteiger partial charge in [0, 0.05) is 11.6 Å². The molecule has 3 nitrogen and oxygen atoms in total. The van der Waals surface area contributed by atoms with Gasteiger partial charge in [0.1, 0.15) is 5.92 Å². The lowest BCUT2D eigenvalue weighted by molar-refractivity contribution is -0.141. The molecule has 1 N–H and O–H groups in total.